The first-order valence-corrected chi connectivity index (χ1v) is 22.9. The molecule has 5 rings (SSSR count). The van der Waals surface area contributed by atoms with Gasteiger partial charge in [-0.25, -0.2) is 0 Å². The van der Waals surface area contributed by atoms with Crippen molar-refractivity contribution >= 4 is 47.8 Å². The topological polar surface area (TPSA) is 362 Å². The Kier molecular flexibility index (Phi) is 18.4. The largest absolute Gasteiger partial charge is 0.481 e. The molecule has 0 saturated heterocycles. The predicted octanol–water partition coefficient (Wildman–Crippen LogP) is 5.37. The molecule has 0 saturated carbocycles. The lowest BCUT2D eigenvalue weighted by Gasteiger charge is -2.11. The molecule has 0 radical (unpaired) electrons. The molecule has 0 fully saturated rings. The number of hydrogen-bond acceptors (Lipinski definition) is 8. The van der Waals surface area contributed by atoms with Crippen LogP contribution in [0.15, 0.2) is 0 Å². The van der Waals surface area contributed by atoms with E-state index < -0.39 is 47.8 Å². The van der Waals surface area contributed by atoms with E-state index in [1.54, 1.807) is 0 Å². The number of carbonyl (C=O) groups is 8. The van der Waals surface area contributed by atoms with Gasteiger partial charge >= 0.3 is 47.8 Å². The number of hydrogen-bond donors (Lipinski definition) is 12. The van der Waals surface area contributed by atoms with Crippen LogP contribution in [0.1, 0.15) is 167 Å². The average Bonchev–Trinajstić information content (AvgIpc) is 3.94. The van der Waals surface area contributed by atoms with E-state index in [2.05, 4.69) is 19.9 Å². The molecule has 0 spiro atoms. The number of nitrogens with one attached hydrogen (secondary N) is 4. The normalized spacial score (nSPS) is 12.2. The van der Waals surface area contributed by atoms with Gasteiger partial charge in [-0.3, -0.25) is 38.4 Å². The summed E-state index contributed by atoms with van der Waals surface area (Å²) < 4.78 is 0. The van der Waals surface area contributed by atoms with Gasteiger partial charge in [0.25, 0.3) is 0 Å². The monoisotopic (exact) mass is 948 g/mol. The molecular weight excluding hydrogens is 889 g/mol. The Morgan fingerprint density at radius 3 is 0.544 bits per heavy atom. The van der Waals surface area contributed by atoms with Crippen LogP contribution in [0.3, 0.4) is 0 Å². The van der Waals surface area contributed by atoms with E-state index in [4.69, 9.17) is 0 Å². The molecule has 0 amide bonds. The number of aromatic nitrogens is 4. The lowest BCUT2D eigenvalue weighted by molar-refractivity contribution is -0.138. The second-order valence-corrected chi connectivity index (χ2v) is 17.4. The molecule has 0 aromatic carbocycles. The number of H-pyrrole nitrogens is 4. The molecule has 20 heteroatoms. The molecule has 0 aliphatic carbocycles. The van der Waals surface area contributed by atoms with Gasteiger partial charge < -0.3 is 60.8 Å². The van der Waals surface area contributed by atoms with Crippen molar-refractivity contribution in [3.05, 3.63) is 90.1 Å². The van der Waals surface area contributed by atoms with Crippen molar-refractivity contribution in [1.29, 1.82) is 0 Å². The van der Waals surface area contributed by atoms with Crippen LogP contribution in [0.4, 0.5) is 0 Å². The standard InChI is InChI=1S/C48H60N4O16/c53-41(54)9-1-5-25-29(13-17-45(61)62)37-22-34-27(7-3-11-43(57)58)31(15-19-47(65)66)39(51-34)24-36-28(8-4-12-44(59)60)32(16-20-48(67)68)40(52-36)23-35-26(6-2-10-42(55)56)30(14-18-46(63)64)38(50-35)21-33(25)49-37/h49-52H,1-24H2,(H,53,54)(H,55,56)(H,57,58)(H,59,60)(H,61,62)(H,63,64)(H,65,66)(H,67,68). The van der Waals surface area contributed by atoms with Crippen LogP contribution in [-0.2, 0) is 115 Å². The van der Waals surface area contributed by atoms with E-state index in [9.17, 15) is 79.2 Å². The predicted molar refractivity (Wildman–Crippen MR) is 241 cm³/mol. The molecule has 8 bridgehead atoms. The first kappa shape index (κ1) is 51.9. The van der Waals surface area contributed by atoms with Gasteiger partial charge in [0.1, 0.15) is 0 Å². The van der Waals surface area contributed by atoms with Gasteiger partial charge in [0.2, 0.25) is 0 Å². The van der Waals surface area contributed by atoms with Crippen LogP contribution in [0.2, 0.25) is 0 Å². The van der Waals surface area contributed by atoms with Crippen LogP contribution in [0.25, 0.3) is 0 Å². The van der Waals surface area contributed by atoms with E-state index in [1.165, 1.54) is 0 Å². The zero-order chi connectivity index (χ0) is 49.7. The minimum atomic E-state index is -1.08. The average molecular weight is 949 g/mol. The molecule has 1 aliphatic heterocycles. The Morgan fingerprint density at radius 1 is 0.250 bits per heavy atom. The van der Waals surface area contributed by atoms with Crippen LogP contribution < -0.4 is 0 Å². The summed E-state index contributed by atoms with van der Waals surface area (Å²) in [4.78, 5) is 110. The number of carboxylic acids is 8. The first-order valence-electron chi connectivity index (χ1n) is 22.9. The van der Waals surface area contributed by atoms with Gasteiger partial charge in [-0.2, -0.15) is 0 Å². The lowest BCUT2D eigenvalue weighted by Crippen LogP contribution is -2.06. The van der Waals surface area contributed by atoms with E-state index in [0.29, 0.717) is 90.1 Å². The van der Waals surface area contributed by atoms with E-state index in [-0.39, 0.29) is 154 Å². The molecule has 68 heavy (non-hydrogen) atoms. The van der Waals surface area contributed by atoms with E-state index in [0.717, 1.165) is 0 Å². The summed E-state index contributed by atoms with van der Waals surface area (Å²) in [6.07, 6.45) is 0.394. The number of aliphatic carboxylic acids is 8. The maximum absolute atomic E-state index is 12.1. The minimum Gasteiger partial charge on any atom is -0.481 e. The second-order valence-electron chi connectivity index (χ2n) is 17.4. The smallest absolute Gasteiger partial charge is 0.303 e. The highest BCUT2D eigenvalue weighted by atomic mass is 16.4. The van der Waals surface area contributed by atoms with E-state index >= 15 is 0 Å². The van der Waals surface area contributed by atoms with E-state index in [1.807, 2.05) is 0 Å². The number of fused-ring (bicyclic) bond motifs is 8. The Bertz CT molecular complexity index is 2190. The van der Waals surface area contributed by atoms with Gasteiger partial charge in [-0.15, -0.1) is 0 Å². The molecule has 4 aromatic rings. The summed E-state index contributed by atoms with van der Waals surface area (Å²) in [7, 11) is 0. The molecule has 5 heterocycles. The number of carboxylic acid groups (broad SMARTS) is 8. The number of aromatic amines is 4. The van der Waals surface area contributed by atoms with Crippen molar-refractivity contribution in [3.8, 4) is 0 Å². The van der Waals surface area contributed by atoms with Crippen LogP contribution in [0.5, 0.6) is 0 Å². The highest BCUT2D eigenvalue weighted by Crippen LogP contribution is 2.36. The van der Waals surface area contributed by atoms with Gasteiger partial charge in [0.05, 0.1) is 0 Å². The van der Waals surface area contributed by atoms with Crippen molar-refractivity contribution < 1.29 is 79.2 Å². The Hall–Kier alpha value is -7.12. The fourth-order valence-electron chi connectivity index (χ4n) is 9.71. The SMILES string of the molecule is O=C(O)CCCc1c2[nH]c(c1CCC(=O)O)Cc1[nH]c(c(CCC(=O)O)c1CCCC(=O)O)Cc1[nH]c(c(CCC(=O)O)c1CCCC(=O)O)Cc1[nH]c(c(CCC(=O)O)c1CCCC(=O)O)C2. The fraction of sp³-hybridized carbons (Fsp3) is 0.500. The summed E-state index contributed by atoms with van der Waals surface area (Å²) in [6.45, 7) is 0. The van der Waals surface area contributed by atoms with Crippen LogP contribution in [0, 0.1) is 0 Å². The molecule has 368 valence electrons. The highest BCUT2D eigenvalue weighted by Gasteiger charge is 2.29. The highest BCUT2D eigenvalue weighted by molar-refractivity contribution is 5.70. The van der Waals surface area contributed by atoms with Gasteiger partial charge in [0, 0.05) is 123 Å². The van der Waals surface area contributed by atoms with Gasteiger partial charge in [-0.05, 0) is 122 Å². The zero-order valence-electron chi connectivity index (χ0n) is 37.8. The van der Waals surface area contributed by atoms with Crippen molar-refractivity contribution in [1.82, 2.24) is 19.9 Å². The number of rotatable bonds is 28. The third kappa shape index (κ3) is 14.4. The van der Waals surface area contributed by atoms with Crippen molar-refractivity contribution in [2.75, 3.05) is 0 Å². The van der Waals surface area contributed by atoms with Crippen molar-refractivity contribution in [2.45, 2.75) is 154 Å². The third-order valence-electron chi connectivity index (χ3n) is 12.6. The summed E-state index contributed by atoms with van der Waals surface area (Å²) in [5.74, 6) is -8.45. The summed E-state index contributed by atoms with van der Waals surface area (Å²) in [6, 6.07) is 0. The molecule has 1 aliphatic rings. The Morgan fingerprint density at radius 2 is 0.397 bits per heavy atom. The van der Waals surface area contributed by atoms with Gasteiger partial charge in [0.15, 0.2) is 0 Å². The Labute approximate surface area is 390 Å². The van der Waals surface area contributed by atoms with Crippen molar-refractivity contribution in [3.63, 3.8) is 0 Å². The minimum absolute atomic E-state index is 0.0451. The zero-order valence-corrected chi connectivity index (χ0v) is 37.8. The molecule has 12 N–H and O–H groups in total. The maximum atomic E-state index is 12.1. The summed E-state index contributed by atoms with van der Waals surface area (Å²) in [5.41, 5.74) is 10.0. The Balaban J connectivity index is 1.88. The summed E-state index contributed by atoms with van der Waals surface area (Å²) in [5, 5.41) is 78.2. The summed E-state index contributed by atoms with van der Waals surface area (Å²) >= 11 is 0. The van der Waals surface area contributed by atoms with Gasteiger partial charge in [-0.1, -0.05) is 0 Å². The molecule has 4 aromatic heterocycles. The first-order chi connectivity index (χ1) is 32.3. The van der Waals surface area contributed by atoms with Crippen LogP contribution in [-0.4, -0.2) is 109 Å². The quantitative estimate of drug-likeness (QED) is 0.0300. The maximum Gasteiger partial charge on any atom is 0.303 e. The molecule has 0 atom stereocenters. The molecular formula is C48H60N4O16. The lowest BCUT2D eigenvalue weighted by atomic mass is 9.91. The van der Waals surface area contributed by atoms with Crippen LogP contribution >= 0.6 is 0 Å². The molecule has 20 nitrogen and oxygen atoms in total. The molecule has 0 unspecified atom stereocenters. The second kappa shape index (κ2) is 24.1. The van der Waals surface area contributed by atoms with Crippen molar-refractivity contribution in [2.24, 2.45) is 0 Å². The third-order valence-corrected chi connectivity index (χ3v) is 12.6. The fourth-order valence-corrected chi connectivity index (χ4v) is 9.71.